The van der Waals surface area contributed by atoms with Crippen molar-refractivity contribution in [2.45, 2.75) is 40.2 Å². The van der Waals surface area contributed by atoms with Crippen LogP contribution in [0, 0.1) is 12.3 Å². The summed E-state index contributed by atoms with van der Waals surface area (Å²) in [5, 5.41) is 0. The first-order valence-electron chi connectivity index (χ1n) is 7.99. The first-order valence-corrected chi connectivity index (χ1v) is 7.99. The summed E-state index contributed by atoms with van der Waals surface area (Å²) in [6, 6.07) is 9.53. The molecule has 3 rings (SSSR count). The molecule has 5 nitrogen and oxygen atoms in total. The van der Waals surface area contributed by atoms with Gasteiger partial charge >= 0.3 is 5.91 Å². The molecule has 1 N–H and O–H groups in total. The molecule has 1 aromatic heterocycles. The number of amides is 1. The summed E-state index contributed by atoms with van der Waals surface area (Å²) >= 11 is 0. The molecule has 0 aliphatic heterocycles. The normalized spacial score (nSPS) is 15.9. The smallest absolute Gasteiger partial charge is 0.310 e. The SMILES string of the molecule is Cc1c(C(=O)NOCc2ccccc2)oc2c1C(=O)CC(C)(C)C2. The summed E-state index contributed by atoms with van der Waals surface area (Å²) < 4.78 is 5.69. The molecular weight excluding hydrogens is 306 g/mol. The predicted octanol–water partition coefficient (Wildman–Crippen LogP) is 3.60. The van der Waals surface area contributed by atoms with E-state index in [2.05, 4.69) is 5.48 Å². The Hall–Kier alpha value is -2.40. The largest absolute Gasteiger partial charge is 0.455 e. The maximum Gasteiger partial charge on any atom is 0.310 e. The van der Waals surface area contributed by atoms with Crippen molar-refractivity contribution >= 4 is 11.7 Å². The van der Waals surface area contributed by atoms with E-state index in [-0.39, 0.29) is 23.6 Å². The van der Waals surface area contributed by atoms with Crippen LogP contribution >= 0.6 is 0 Å². The minimum absolute atomic E-state index is 0.0340. The molecule has 2 aromatic rings. The Balaban J connectivity index is 1.71. The van der Waals surface area contributed by atoms with Gasteiger partial charge in [0, 0.05) is 18.4 Å². The van der Waals surface area contributed by atoms with Crippen molar-refractivity contribution in [2.24, 2.45) is 5.41 Å². The molecule has 0 fully saturated rings. The van der Waals surface area contributed by atoms with Crippen LogP contribution in [-0.4, -0.2) is 11.7 Å². The van der Waals surface area contributed by atoms with Gasteiger partial charge in [0.2, 0.25) is 0 Å². The molecule has 5 heteroatoms. The molecule has 1 amide bonds. The summed E-state index contributed by atoms with van der Waals surface area (Å²) in [6.07, 6.45) is 1.11. The molecule has 0 unspecified atom stereocenters. The number of furan rings is 1. The second-order valence-electron chi connectivity index (χ2n) is 7.00. The van der Waals surface area contributed by atoms with Crippen molar-refractivity contribution in [1.29, 1.82) is 0 Å². The van der Waals surface area contributed by atoms with E-state index in [4.69, 9.17) is 9.25 Å². The molecule has 0 saturated carbocycles. The van der Waals surface area contributed by atoms with E-state index in [1.165, 1.54) is 0 Å². The number of ketones is 1. The highest BCUT2D eigenvalue weighted by Crippen LogP contribution is 2.38. The van der Waals surface area contributed by atoms with E-state index >= 15 is 0 Å². The number of fused-ring (bicyclic) bond motifs is 1. The van der Waals surface area contributed by atoms with Crippen molar-refractivity contribution in [1.82, 2.24) is 5.48 Å². The molecule has 126 valence electrons. The van der Waals surface area contributed by atoms with Gasteiger partial charge in [-0.05, 0) is 17.9 Å². The van der Waals surface area contributed by atoms with Crippen LogP contribution in [0.2, 0.25) is 0 Å². The molecule has 0 radical (unpaired) electrons. The molecule has 0 spiro atoms. The monoisotopic (exact) mass is 327 g/mol. The number of hydroxylamine groups is 1. The maximum absolute atomic E-state index is 12.3. The van der Waals surface area contributed by atoms with E-state index < -0.39 is 5.91 Å². The molecule has 24 heavy (non-hydrogen) atoms. The van der Waals surface area contributed by atoms with Gasteiger partial charge < -0.3 is 4.42 Å². The summed E-state index contributed by atoms with van der Waals surface area (Å²) in [4.78, 5) is 29.9. The first kappa shape index (κ1) is 16.5. The number of nitrogens with one attached hydrogen (secondary N) is 1. The average Bonchev–Trinajstić information content (AvgIpc) is 2.83. The summed E-state index contributed by atoms with van der Waals surface area (Å²) in [7, 11) is 0. The van der Waals surface area contributed by atoms with Gasteiger partial charge in [0.05, 0.1) is 12.2 Å². The fourth-order valence-corrected chi connectivity index (χ4v) is 3.10. The van der Waals surface area contributed by atoms with Crippen LogP contribution in [0.1, 0.15) is 58.1 Å². The molecule has 0 atom stereocenters. The number of rotatable bonds is 4. The van der Waals surface area contributed by atoms with Gasteiger partial charge in [0.1, 0.15) is 5.76 Å². The Bertz CT molecular complexity index is 774. The lowest BCUT2D eigenvalue weighted by Gasteiger charge is -2.27. The van der Waals surface area contributed by atoms with Crippen LogP contribution in [0.5, 0.6) is 0 Å². The fraction of sp³-hybridized carbons (Fsp3) is 0.368. The minimum Gasteiger partial charge on any atom is -0.455 e. The van der Waals surface area contributed by atoms with Crippen LogP contribution in [-0.2, 0) is 17.9 Å². The third-order valence-electron chi connectivity index (χ3n) is 4.23. The average molecular weight is 327 g/mol. The van der Waals surface area contributed by atoms with Crippen LogP contribution in [0.25, 0.3) is 0 Å². The fourth-order valence-electron chi connectivity index (χ4n) is 3.10. The van der Waals surface area contributed by atoms with Crippen LogP contribution < -0.4 is 5.48 Å². The maximum atomic E-state index is 12.3. The second-order valence-corrected chi connectivity index (χ2v) is 7.00. The lowest BCUT2D eigenvalue weighted by Crippen LogP contribution is -2.26. The first-order chi connectivity index (χ1) is 11.4. The number of benzene rings is 1. The number of hydrogen-bond donors (Lipinski definition) is 1. The third-order valence-corrected chi connectivity index (χ3v) is 4.23. The summed E-state index contributed by atoms with van der Waals surface area (Å²) in [5.41, 5.74) is 4.34. The third kappa shape index (κ3) is 3.26. The van der Waals surface area contributed by atoms with Gasteiger partial charge in [0.15, 0.2) is 11.5 Å². The molecule has 1 heterocycles. The van der Waals surface area contributed by atoms with Crippen LogP contribution in [0.3, 0.4) is 0 Å². The number of hydrogen-bond acceptors (Lipinski definition) is 4. The van der Waals surface area contributed by atoms with E-state index in [9.17, 15) is 9.59 Å². The van der Waals surface area contributed by atoms with Gasteiger partial charge in [-0.1, -0.05) is 44.2 Å². The quantitative estimate of drug-likeness (QED) is 0.871. The van der Waals surface area contributed by atoms with Gasteiger partial charge in [-0.15, -0.1) is 0 Å². The predicted molar refractivity (Wildman–Crippen MR) is 88.6 cm³/mol. The zero-order chi connectivity index (χ0) is 17.3. The van der Waals surface area contributed by atoms with Gasteiger partial charge in [0.25, 0.3) is 0 Å². The van der Waals surface area contributed by atoms with Gasteiger partial charge in [-0.2, -0.15) is 0 Å². The Morgan fingerprint density at radius 3 is 2.67 bits per heavy atom. The molecule has 1 aromatic carbocycles. The highest BCUT2D eigenvalue weighted by atomic mass is 16.7. The van der Waals surface area contributed by atoms with E-state index in [0.717, 1.165) is 5.56 Å². The number of carbonyl (C=O) groups excluding carboxylic acids is 2. The van der Waals surface area contributed by atoms with Crippen molar-refractivity contribution < 1.29 is 18.8 Å². The highest BCUT2D eigenvalue weighted by Gasteiger charge is 2.37. The van der Waals surface area contributed by atoms with Gasteiger partial charge in [-0.3, -0.25) is 14.4 Å². The lowest BCUT2D eigenvalue weighted by atomic mass is 9.76. The minimum atomic E-state index is -0.469. The molecule has 0 bridgehead atoms. The van der Waals surface area contributed by atoms with Crippen LogP contribution in [0.4, 0.5) is 0 Å². The zero-order valence-electron chi connectivity index (χ0n) is 14.1. The summed E-state index contributed by atoms with van der Waals surface area (Å²) in [6.45, 7) is 6.05. The van der Waals surface area contributed by atoms with Crippen LogP contribution in [0.15, 0.2) is 34.7 Å². The zero-order valence-corrected chi connectivity index (χ0v) is 14.1. The number of Topliss-reactive ketones (excluding diaryl/α,β-unsaturated/α-hetero) is 1. The van der Waals surface area contributed by atoms with E-state index in [0.29, 0.717) is 29.7 Å². The van der Waals surface area contributed by atoms with Crippen molar-refractivity contribution in [3.63, 3.8) is 0 Å². The van der Waals surface area contributed by atoms with E-state index in [1.54, 1.807) is 6.92 Å². The Morgan fingerprint density at radius 1 is 1.25 bits per heavy atom. The van der Waals surface area contributed by atoms with Crippen molar-refractivity contribution in [3.8, 4) is 0 Å². The molecule has 0 saturated heterocycles. The van der Waals surface area contributed by atoms with Crippen molar-refractivity contribution in [3.05, 3.63) is 58.5 Å². The highest BCUT2D eigenvalue weighted by molar-refractivity contribution is 6.03. The Kier molecular flexibility index (Phi) is 4.28. The summed E-state index contributed by atoms with van der Waals surface area (Å²) in [5.74, 6) is 0.316. The topological polar surface area (TPSA) is 68.5 Å². The molecular formula is C19H21NO4. The Morgan fingerprint density at radius 2 is 1.96 bits per heavy atom. The van der Waals surface area contributed by atoms with Gasteiger partial charge in [-0.25, -0.2) is 5.48 Å². The molecule has 1 aliphatic carbocycles. The molecule has 1 aliphatic rings. The Labute approximate surface area is 141 Å². The second kappa shape index (κ2) is 6.24. The lowest BCUT2D eigenvalue weighted by molar-refractivity contribution is 0.0210. The van der Waals surface area contributed by atoms with Crippen molar-refractivity contribution in [2.75, 3.05) is 0 Å². The standard InChI is InChI=1S/C19H21NO4/c1-12-16-14(21)9-19(2,3)10-15(16)24-17(12)18(22)20-23-11-13-7-5-4-6-8-13/h4-8H,9-11H2,1-3H3,(H,20,22). The number of carbonyl (C=O) groups is 2. The van der Waals surface area contributed by atoms with E-state index in [1.807, 2.05) is 44.2 Å².